The minimum Gasteiger partial charge on any atom is -0.364 e. The lowest BCUT2D eigenvalue weighted by Gasteiger charge is -2.43. The normalized spacial score (nSPS) is 21.4. The summed E-state index contributed by atoms with van der Waals surface area (Å²) >= 11 is 12.2. The maximum atomic E-state index is 11.2. The van der Waals surface area contributed by atoms with E-state index in [4.69, 9.17) is 33.8 Å². The van der Waals surface area contributed by atoms with Crippen LogP contribution in [0.3, 0.4) is 0 Å². The zero-order chi connectivity index (χ0) is 14.2. The van der Waals surface area contributed by atoms with E-state index in [0.29, 0.717) is 16.5 Å². The topological polar surface area (TPSA) is 67.6 Å². The first kappa shape index (κ1) is 17.5. The van der Waals surface area contributed by atoms with Gasteiger partial charge in [0.15, 0.2) is 5.79 Å². The number of nitrogens with two attached hydrogens (primary N) is 1. The first-order chi connectivity index (χ1) is 8.87. The van der Waals surface area contributed by atoms with Crippen molar-refractivity contribution in [3.05, 3.63) is 27.7 Å². The first-order valence-electron chi connectivity index (χ1n) is 5.87. The van der Waals surface area contributed by atoms with E-state index in [1.165, 1.54) is 12.0 Å². The van der Waals surface area contributed by atoms with E-state index in [2.05, 4.69) is 5.32 Å². The summed E-state index contributed by atoms with van der Waals surface area (Å²) in [7, 11) is 0. The van der Waals surface area contributed by atoms with Crippen molar-refractivity contribution < 1.29 is 9.63 Å². The van der Waals surface area contributed by atoms with Gasteiger partial charge in [-0.05, 0) is 18.6 Å². The zero-order valence-corrected chi connectivity index (χ0v) is 14.3. The number of anilines is 1. The lowest BCUT2D eigenvalue weighted by Crippen LogP contribution is -2.63. The Balaban J connectivity index is 0.00000200. The molecule has 0 amide bonds. The Morgan fingerprint density at radius 1 is 1.55 bits per heavy atom. The van der Waals surface area contributed by atoms with E-state index < -0.39 is 11.8 Å². The van der Waals surface area contributed by atoms with Crippen LogP contribution in [0.4, 0.5) is 5.69 Å². The molecular weight excluding hydrogens is 369 g/mol. The number of hydroxylamine groups is 2. The van der Waals surface area contributed by atoms with E-state index in [0.717, 1.165) is 11.3 Å². The molecule has 0 aromatic heterocycles. The number of nitrogens with zero attached hydrogens (tertiary/aromatic N) is 1. The fraction of sp³-hybridized carbons (Fsp3) is 0.417. The molecule has 1 aliphatic rings. The van der Waals surface area contributed by atoms with E-state index >= 15 is 0 Å². The SMILES string of the molecule is Br.CCC1(N)Nc2ccc(Cl)c(Cl)c2CN1OC(C)=O. The van der Waals surface area contributed by atoms with Crippen molar-refractivity contribution in [2.75, 3.05) is 5.32 Å². The molecule has 1 atom stereocenters. The highest BCUT2D eigenvalue weighted by Gasteiger charge is 2.39. The van der Waals surface area contributed by atoms with Crippen molar-refractivity contribution in [2.45, 2.75) is 32.6 Å². The van der Waals surface area contributed by atoms with Crippen LogP contribution in [0.5, 0.6) is 0 Å². The van der Waals surface area contributed by atoms with E-state index in [1.807, 2.05) is 13.0 Å². The second-order valence-corrected chi connectivity index (χ2v) is 5.19. The molecule has 0 fully saturated rings. The molecule has 0 aliphatic carbocycles. The van der Waals surface area contributed by atoms with Crippen molar-refractivity contribution in [3.8, 4) is 0 Å². The van der Waals surface area contributed by atoms with Gasteiger partial charge in [0, 0.05) is 18.2 Å². The van der Waals surface area contributed by atoms with E-state index in [9.17, 15) is 4.79 Å². The number of halogens is 3. The molecular formula is C12H16BrCl2N3O2. The highest BCUT2D eigenvalue weighted by molar-refractivity contribution is 8.93. The summed E-state index contributed by atoms with van der Waals surface area (Å²) in [5, 5.41) is 5.40. The Morgan fingerprint density at radius 2 is 2.20 bits per heavy atom. The minimum absolute atomic E-state index is 0. The van der Waals surface area contributed by atoms with Crippen molar-refractivity contribution in [2.24, 2.45) is 5.73 Å². The smallest absolute Gasteiger partial charge is 0.322 e. The lowest BCUT2D eigenvalue weighted by molar-refractivity contribution is -0.222. The van der Waals surface area contributed by atoms with Gasteiger partial charge in [-0.15, -0.1) is 17.0 Å². The van der Waals surface area contributed by atoms with Crippen molar-refractivity contribution >= 4 is 51.8 Å². The first-order valence-corrected chi connectivity index (χ1v) is 6.63. The monoisotopic (exact) mass is 383 g/mol. The summed E-state index contributed by atoms with van der Waals surface area (Å²) in [5.41, 5.74) is 7.76. The predicted octanol–water partition coefficient (Wildman–Crippen LogP) is 3.30. The number of hydrogen-bond donors (Lipinski definition) is 2. The summed E-state index contributed by atoms with van der Waals surface area (Å²) in [6, 6.07) is 3.51. The quantitative estimate of drug-likeness (QED) is 0.818. The number of rotatable bonds is 2. The van der Waals surface area contributed by atoms with Crippen LogP contribution in [0, 0.1) is 0 Å². The fourth-order valence-electron chi connectivity index (χ4n) is 1.98. The summed E-state index contributed by atoms with van der Waals surface area (Å²) in [5.74, 6) is -1.40. The van der Waals surface area contributed by atoms with Crippen molar-refractivity contribution in [1.82, 2.24) is 5.06 Å². The van der Waals surface area contributed by atoms with Crippen molar-refractivity contribution in [1.29, 1.82) is 0 Å². The lowest BCUT2D eigenvalue weighted by atomic mass is 10.1. The van der Waals surface area contributed by atoms with Gasteiger partial charge in [0.1, 0.15) is 0 Å². The van der Waals surface area contributed by atoms with Crippen LogP contribution in [-0.2, 0) is 16.2 Å². The third-order valence-electron chi connectivity index (χ3n) is 3.07. The summed E-state index contributed by atoms with van der Waals surface area (Å²) < 4.78 is 0. The van der Waals surface area contributed by atoms with Crippen LogP contribution < -0.4 is 11.1 Å². The largest absolute Gasteiger partial charge is 0.364 e. The van der Waals surface area contributed by atoms with Gasteiger partial charge in [-0.2, -0.15) is 0 Å². The molecule has 8 heteroatoms. The Hall–Kier alpha value is -0.530. The molecule has 1 aromatic rings. The van der Waals surface area contributed by atoms with Crippen LogP contribution in [-0.4, -0.2) is 16.8 Å². The molecule has 0 saturated heterocycles. The second-order valence-electron chi connectivity index (χ2n) is 4.41. The molecule has 20 heavy (non-hydrogen) atoms. The zero-order valence-electron chi connectivity index (χ0n) is 11.1. The molecule has 0 saturated carbocycles. The third kappa shape index (κ3) is 3.20. The van der Waals surface area contributed by atoms with Gasteiger partial charge in [0.2, 0.25) is 0 Å². The van der Waals surface area contributed by atoms with Crippen LogP contribution in [0.15, 0.2) is 12.1 Å². The maximum Gasteiger partial charge on any atom is 0.322 e. The minimum atomic E-state index is -0.962. The molecule has 0 radical (unpaired) electrons. The molecule has 3 N–H and O–H groups in total. The summed E-state index contributed by atoms with van der Waals surface area (Å²) in [6.45, 7) is 3.50. The van der Waals surface area contributed by atoms with Gasteiger partial charge < -0.3 is 10.2 Å². The van der Waals surface area contributed by atoms with Crippen LogP contribution in [0.25, 0.3) is 0 Å². The average Bonchev–Trinajstić information content (AvgIpc) is 2.35. The fourth-order valence-corrected chi connectivity index (χ4v) is 2.38. The molecule has 112 valence electrons. The molecule has 5 nitrogen and oxygen atoms in total. The van der Waals surface area contributed by atoms with Crippen LogP contribution >= 0.6 is 40.2 Å². The molecule has 1 unspecified atom stereocenters. The predicted molar refractivity (Wildman–Crippen MR) is 84.9 cm³/mol. The molecule has 1 aliphatic heterocycles. The van der Waals surface area contributed by atoms with Gasteiger partial charge >= 0.3 is 5.97 Å². The van der Waals surface area contributed by atoms with E-state index in [1.54, 1.807) is 6.07 Å². The second kappa shape index (κ2) is 6.49. The highest BCUT2D eigenvalue weighted by Crippen LogP contribution is 2.38. The van der Waals surface area contributed by atoms with Gasteiger partial charge in [0.05, 0.1) is 16.6 Å². The Morgan fingerprint density at radius 3 is 2.75 bits per heavy atom. The average molecular weight is 385 g/mol. The molecule has 1 heterocycles. The highest BCUT2D eigenvalue weighted by atomic mass is 79.9. The number of nitrogens with one attached hydrogen (secondary N) is 1. The van der Waals surface area contributed by atoms with Crippen LogP contribution in [0.1, 0.15) is 25.8 Å². The Bertz CT molecular complexity index is 530. The third-order valence-corrected chi connectivity index (χ3v) is 3.92. The van der Waals surface area contributed by atoms with Gasteiger partial charge in [-0.3, -0.25) is 10.5 Å². The number of carbonyl (C=O) groups is 1. The number of fused-ring (bicyclic) bond motifs is 1. The van der Waals surface area contributed by atoms with Crippen molar-refractivity contribution in [3.63, 3.8) is 0 Å². The molecule has 1 aromatic carbocycles. The Kier molecular flexibility index (Phi) is 5.69. The van der Waals surface area contributed by atoms with Gasteiger partial charge in [-0.1, -0.05) is 35.2 Å². The van der Waals surface area contributed by atoms with Crippen LogP contribution in [0.2, 0.25) is 10.0 Å². The maximum absolute atomic E-state index is 11.2. The Labute approximate surface area is 138 Å². The van der Waals surface area contributed by atoms with E-state index in [-0.39, 0.29) is 23.5 Å². The standard InChI is InChI=1S/C12H15Cl2N3O2.BrH/c1-3-12(15)16-10-5-4-9(13)11(14)8(10)6-17(12)19-7(2)18;/h4-5,16H,3,6,15H2,1-2H3;1H. The number of benzene rings is 1. The number of carbonyl (C=O) groups excluding carboxylic acids is 1. The van der Waals surface area contributed by atoms with Gasteiger partial charge in [-0.25, -0.2) is 0 Å². The number of hydrogen-bond acceptors (Lipinski definition) is 5. The summed E-state index contributed by atoms with van der Waals surface area (Å²) in [6.07, 6.45) is 0.542. The summed E-state index contributed by atoms with van der Waals surface area (Å²) in [4.78, 5) is 16.3. The molecule has 2 rings (SSSR count). The van der Waals surface area contributed by atoms with Gasteiger partial charge in [0.25, 0.3) is 0 Å². The molecule has 0 spiro atoms. The molecule has 0 bridgehead atoms.